The van der Waals surface area contributed by atoms with E-state index in [1.807, 2.05) is 6.92 Å². The molecule has 1 aliphatic rings. The standard InChI is InChI=1S/C22H22N4O4S.C2HF3O/c1-13(23)12-25-15(3)20(14(2)24-25)31(29,30)17-10-8-16(9-11-17)26-21(27)18-6-4-5-7-19(18)22(26)28;3-2(4,5)1-6/h4-11,13H,12,23H2,1-3H3;1H/t13-;/m0./s1. The Kier molecular flexibility index (Phi) is 7.70. The predicted octanol–water partition coefficient (Wildman–Crippen LogP) is 3.23. The first-order valence-electron chi connectivity index (χ1n) is 10.8. The minimum Gasteiger partial charge on any atom is -0.326 e. The van der Waals surface area contributed by atoms with Crippen LogP contribution in [0.1, 0.15) is 39.0 Å². The van der Waals surface area contributed by atoms with Crippen LogP contribution in [0.3, 0.4) is 0 Å². The minimum atomic E-state index is -4.64. The van der Waals surface area contributed by atoms with Crippen molar-refractivity contribution in [2.24, 2.45) is 5.73 Å². The maximum Gasteiger partial charge on any atom is 0.446 e. The molecule has 0 spiro atoms. The highest BCUT2D eigenvalue weighted by Gasteiger charge is 2.36. The molecule has 0 saturated heterocycles. The van der Waals surface area contributed by atoms with Crippen LogP contribution in [-0.2, 0) is 21.2 Å². The number of fused-ring (bicyclic) bond motifs is 1. The summed E-state index contributed by atoms with van der Waals surface area (Å²) in [6, 6.07) is 12.1. The Morgan fingerprint density at radius 2 is 1.49 bits per heavy atom. The van der Waals surface area contributed by atoms with Gasteiger partial charge in [-0.15, -0.1) is 0 Å². The molecule has 37 heavy (non-hydrogen) atoms. The second kappa shape index (κ2) is 10.3. The highest BCUT2D eigenvalue weighted by molar-refractivity contribution is 7.91. The third-order valence-electron chi connectivity index (χ3n) is 5.38. The molecule has 4 rings (SSSR count). The van der Waals surface area contributed by atoms with Gasteiger partial charge in [0, 0.05) is 6.04 Å². The molecule has 2 aromatic carbocycles. The smallest absolute Gasteiger partial charge is 0.326 e. The Morgan fingerprint density at radius 3 is 1.92 bits per heavy atom. The number of carbonyl (C=O) groups excluding carboxylic acids is 3. The molecule has 2 N–H and O–H groups in total. The summed E-state index contributed by atoms with van der Waals surface area (Å²) in [5.41, 5.74) is 7.71. The van der Waals surface area contributed by atoms with Crippen LogP contribution in [0.5, 0.6) is 0 Å². The molecule has 0 aliphatic carbocycles. The van der Waals surface area contributed by atoms with Gasteiger partial charge in [0.1, 0.15) is 4.90 Å². The first-order valence-corrected chi connectivity index (χ1v) is 12.3. The van der Waals surface area contributed by atoms with Gasteiger partial charge in [-0.2, -0.15) is 18.3 Å². The van der Waals surface area contributed by atoms with Crippen molar-refractivity contribution in [1.82, 2.24) is 9.78 Å². The summed E-state index contributed by atoms with van der Waals surface area (Å²) in [4.78, 5) is 35.3. The number of nitrogens with two attached hydrogens (primary N) is 1. The Balaban J connectivity index is 0.000000568. The number of alkyl halides is 3. The van der Waals surface area contributed by atoms with Crippen molar-refractivity contribution in [3.63, 3.8) is 0 Å². The Morgan fingerprint density at radius 1 is 1.00 bits per heavy atom. The lowest BCUT2D eigenvalue weighted by Crippen LogP contribution is -2.29. The van der Waals surface area contributed by atoms with Crippen molar-refractivity contribution in [3.05, 3.63) is 71.0 Å². The molecule has 0 bridgehead atoms. The minimum absolute atomic E-state index is 0.0550. The van der Waals surface area contributed by atoms with E-state index in [2.05, 4.69) is 5.10 Å². The number of hydrogen-bond acceptors (Lipinski definition) is 7. The second-order valence-corrected chi connectivity index (χ2v) is 10.2. The Labute approximate surface area is 210 Å². The first kappa shape index (κ1) is 27.7. The van der Waals surface area contributed by atoms with Gasteiger partial charge < -0.3 is 5.73 Å². The van der Waals surface area contributed by atoms with E-state index in [1.165, 1.54) is 24.3 Å². The van der Waals surface area contributed by atoms with E-state index >= 15 is 0 Å². The summed E-state index contributed by atoms with van der Waals surface area (Å²) < 4.78 is 59.4. The molecule has 0 unspecified atom stereocenters. The number of nitrogens with zero attached hydrogens (tertiary/aromatic N) is 3. The van der Waals surface area contributed by atoms with Crippen LogP contribution in [0.4, 0.5) is 18.9 Å². The largest absolute Gasteiger partial charge is 0.446 e. The van der Waals surface area contributed by atoms with E-state index in [4.69, 9.17) is 10.5 Å². The van der Waals surface area contributed by atoms with Gasteiger partial charge in [0.15, 0.2) is 0 Å². The van der Waals surface area contributed by atoms with E-state index < -0.39 is 34.1 Å². The molecular weight excluding hydrogens is 513 g/mol. The van der Waals surface area contributed by atoms with Gasteiger partial charge in [0.25, 0.3) is 11.8 Å². The fourth-order valence-electron chi connectivity index (χ4n) is 3.84. The number of hydrogen-bond donors (Lipinski definition) is 1. The molecule has 1 atom stereocenters. The maximum atomic E-state index is 13.3. The number of amides is 2. The normalized spacial score (nSPS) is 14.2. The van der Waals surface area contributed by atoms with Gasteiger partial charge in [-0.05, 0) is 57.2 Å². The van der Waals surface area contributed by atoms with Crippen molar-refractivity contribution < 1.29 is 36.0 Å². The molecule has 9 nitrogen and oxygen atoms in total. The van der Waals surface area contributed by atoms with Crippen LogP contribution in [0.15, 0.2) is 58.3 Å². The van der Waals surface area contributed by atoms with Crippen LogP contribution in [0.2, 0.25) is 0 Å². The van der Waals surface area contributed by atoms with Crippen LogP contribution >= 0.6 is 0 Å². The zero-order valence-electron chi connectivity index (χ0n) is 20.0. The maximum absolute atomic E-state index is 13.3. The topological polar surface area (TPSA) is 132 Å². The number of benzene rings is 2. The molecule has 13 heteroatoms. The highest BCUT2D eigenvalue weighted by Crippen LogP contribution is 2.31. The lowest BCUT2D eigenvalue weighted by Gasteiger charge is -2.14. The third kappa shape index (κ3) is 5.62. The molecule has 2 amide bonds. The van der Waals surface area contributed by atoms with Gasteiger partial charge in [-0.1, -0.05) is 12.1 Å². The molecule has 2 heterocycles. The van der Waals surface area contributed by atoms with Crippen molar-refractivity contribution in [3.8, 4) is 0 Å². The third-order valence-corrected chi connectivity index (χ3v) is 7.40. The summed E-state index contributed by atoms with van der Waals surface area (Å²) in [6.45, 7) is 5.57. The quantitative estimate of drug-likeness (QED) is 0.391. The number of rotatable bonds is 5. The Bertz CT molecular complexity index is 1430. The summed E-state index contributed by atoms with van der Waals surface area (Å²) in [6.07, 6.45) is -5.70. The number of imide groups is 1. The van der Waals surface area contributed by atoms with Crippen molar-refractivity contribution in [2.75, 3.05) is 4.90 Å². The lowest BCUT2D eigenvalue weighted by atomic mass is 10.1. The second-order valence-electron chi connectivity index (χ2n) is 8.31. The van der Waals surface area contributed by atoms with Crippen molar-refractivity contribution >= 4 is 33.6 Å². The van der Waals surface area contributed by atoms with E-state index in [-0.39, 0.29) is 15.8 Å². The first-order chi connectivity index (χ1) is 17.2. The molecule has 196 valence electrons. The predicted molar refractivity (Wildman–Crippen MR) is 127 cm³/mol. The number of aldehydes is 1. The average molecular weight is 537 g/mol. The summed E-state index contributed by atoms with van der Waals surface area (Å²) in [7, 11) is -3.85. The number of carbonyl (C=O) groups is 3. The highest BCUT2D eigenvalue weighted by atomic mass is 32.2. The number of aromatic nitrogens is 2. The van der Waals surface area contributed by atoms with Crippen molar-refractivity contribution in [1.29, 1.82) is 0 Å². The van der Waals surface area contributed by atoms with E-state index in [0.717, 1.165) is 4.90 Å². The number of sulfone groups is 1. The number of anilines is 1. The van der Waals surface area contributed by atoms with Gasteiger partial charge in [-0.25, -0.2) is 13.3 Å². The van der Waals surface area contributed by atoms with Gasteiger partial charge in [-0.3, -0.25) is 19.1 Å². The molecule has 0 fully saturated rings. The molecule has 0 radical (unpaired) electrons. The fourth-order valence-corrected chi connectivity index (χ4v) is 5.49. The fraction of sp³-hybridized carbons (Fsp3) is 0.250. The Hall–Kier alpha value is -3.84. The molecule has 0 saturated carbocycles. The van der Waals surface area contributed by atoms with E-state index in [0.29, 0.717) is 34.7 Å². The molecular formula is C24H23F3N4O5S. The summed E-state index contributed by atoms with van der Waals surface area (Å²) >= 11 is 0. The SMILES string of the molecule is Cc1nn(C[C@H](C)N)c(C)c1S(=O)(=O)c1ccc(N2C(=O)c3ccccc3C2=O)cc1.O=CC(F)(F)F. The van der Waals surface area contributed by atoms with E-state index in [1.54, 1.807) is 42.8 Å². The lowest BCUT2D eigenvalue weighted by molar-refractivity contribution is -0.156. The van der Waals surface area contributed by atoms with Gasteiger partial charge >= 0.3 is 6.18 Å². The summed E-state index contributed by atoms with van der Waals surface area (Å²) in [5, 5.41) is 4.33. The summed E-state index contributed by atoms with van der Waals surface area (Å²) in [5.74, 6) is -0.861. The van der Waals surface area contributed by atoms with Crippen LogP contribution in [0, 0.1) is 13.8 Å². The van der Waals surface area contributed by atoms with Crippen molar-refractivity contribution in [2.45, 2.75) is 49.3 Å². The average Bonchev–Trinajstić information content (AvgIpc) is 3.25. The zero-order chi connectivity index (χ0) is 27.7. The molecule has 1 aromatic heterocycles. The van der Waals surface area contributed by atoms with Crippen LogP contribution in [0.25, 0.3) is 0 Å². The number of halogens is 3. The van der Waals surface area contributed by atoms with Gasteiger partial charge in [0.05, 0.1) is 39.6 Å². The molecule has 3 aromatic rings. The van der Waals surface area contributed by atoms with Crippen LogP contribution < -0.4 is 10.6 Å². The van der Waals surface area contributed by atoms with E-state index in [9.17, 15) is 31.2 Å². The van der Waals surface area contributed by atoms with Gasteiger partial charge in [0.2, 0.25) is 16.1 Å². The molecule has 1 aliphatic heterocycles. The number of aryl methyl sites for hydroxylation is 1. The monoisotopic (exact) mass is 536 g/mol. The van der Waals surface area contributed by atoms with Crippen LogP contribution in [-0.4, -0.2) is 48.5 Å². The zero-order valence-corrected chi connectivity index (χ0v) is 20.8.